The second kappa shape index (κ2) is 7.11. The Morgan fingerprint density at radius 2 is 2.00 bits per heavy atom. The van der Waals surface area contributed by atoms with E-state index in [4.69, 9.17) is 9.15 Å². The molecule has 3 rings (SSSR count). The lowest BCUT2D eigenvalue weighted by molar-refractivity contribution is 0.102. The van der Waals surface area contributed by atoms with Gasteiger partial charge in [0.05, 0.1) is 17.9 Å². The first-order valence-electron chi connectivity index (χ1n) is 7.76. The van der Waals surface area contributed by atoms with Gasteiger partial charge in [-0.1, -0.05) is 6.07 Å². The molecule has 6 heteroatoms. The fraction of sp³-hybridized carbons (Fsp3) is 0.158. The van der Waals surface area contributed by atoms with Crippen LogP contribution in [0.2, 0.25) is 0 Å². The van der Waals surface area contributed by atoms with Gasteiger partial charge in [0.25, 0.3) is 5.91 Å². The van der Waals surface area contributed by atoms with E-state index in [1.807, 2.05) is 26.0 Å². The third-order valence-corrected chi connectivity index (χ3v) is 4.30. The minimum atomic E-state index is -0.589. The van der Waals surface area contributed by atoms with Crippen molar-refractivity contribution in [3.63, 3.8) is 0 Å². The number of fused-ring (bicyclic) bond motifs is 1. The maximum absolute atomic E-state index is 12.7. The van der Waals surface area contributed by atoms with E-state index >= 15 is 0 Å². The highest BCUT2D eigenvalue weighted by Gasteiger charge is 2.15. The highest BCUT2D eigenvalue weighted by molar-refractivity contribution is 9.10. The number of hydrogen-bond donors (Lipinski definition) is 1. The first kappa shape index (κ1) is 17.2. The molecule has 128 valence electrons. The zero-order chi connectivity index (χ0) is 18.0. The lowest BCUT2D eigenvalue weighted by atomic mass is 10.1. The van der Waals surface area contributed by atoms with Crippen LogP contribution < -0.4 is 15.7 Å². The van der Waals surface area contributed by atoms with Gasteiger partial charge in [-0.05, 0) is 59.6 Å². The molecule has 0 unspecified atom stereocenters. The van der Waals surface area contributed by atoms with Crippen LogP contribution in [-0.2, 0) is 0 Å². The summed E-state index contributed by atoms with van der Waals surface area (Å²) >= 11 is 3.43. The highest BCUT2D eigenvalue weighted by Crippen LogP contribution is 2.26. The Hall–Kier alpha value is -2.60. The van der Waals surface area contributed by atoms with E-state index in [-0.39, 0.29) is 11.5 Å². The summed E-state index contributed by atoms with van der Waals surface area (Å²) in [5.41, 5.74) is 1.67. The molecule has 0 spiro atoms. The minimum absolute atomic E-state index is 0.252. The van der Waals surface area contributed by atoms with E-state index < -0.39 is 5.63 Å². The number of amides is 1. The molecule has 0 atom stereocenters. The number of anilines is 1. The summed E-state index contributed by atoms with van der Waals surface area (Å²) in [7, 11) is 0. The summed E-state index contributed by atoms with van der Waals surface area (Å²) in [5.74, 6) is 0.198. The van der Waals surface area contributed by atoms with Crippen molar-refractivity contribution in [1.82, 2.24) is 0 Å². The van der Waals surface area contributed by atoms with E-state index in [2.05, 4.69) is 21.2 Å². The SMILES string of the molecule is CCOc1ccc2c(C(=O)Nc3ccc(C)cc3Br)cc(=O)oc2c1. The molecule has 25 heavy (non-hydrogen) atoms. The van der Waals surface area contributed by atoms with Crippen molar-refractivity contribution < 1.29 is 13.9 Å². The van der Waals surface area contributed by atoms with Crippen molar-refractivity contribution in [2.24, 2.45) is 0 Å². The molecule has 0 bridgehead atoms. The smallest absolute Gasteiger partial charge is 0.337 e. The molecular formula is C19H16BrNO4. The van der Waals surface area contributed by atoms with Gasteiger partial charge in [0.2, 0.25) is 0 Å². The molecule has 3 aromatic rings. The fourth-order valence-corrected chi connectivity index (χ4v) is 3.09. The first-order chi connectivity index (χ1) is 12.0. The maximum atomic E-state index is 12.7. The van der Waals surface area contributed by atoms with Crippen LogP contribution in [0, 0.1) is 6.92 Å². The Morgan fingerprint density at radius 3 is 2.72 bits per heavy atom. The van der Waals surface area contributed by atoms with E-state index in [0.29, 0.717) is 29.0 Å². The summed E-state index contributed by atoms with van der Waals surface area (Å²) in [6.07, 6.45) is 0. The molecule has 1 aromatic heterocycles. The van der Waals surface area contributed by atoms with Gasteiger partial charge < -0.3 is 14.5 Å². The Kier molecular flexibility index (Phi) is 4.90. The van der Waals surface area contributed by atoms with Crippen molar-refractivity contribution in [3.8, 4) is 5.75 Å². The average molecular weight is 402 g/mol. The fourth-order valence-electron chi connectivity index (χ4n) is 2.50. The van der Waals surface area contributed by atoms with E-state index in [1.54, 1.807) is 24.3 Å². The topological polar surface area (TPSA) is 68.5 Å². The number of carbonyl (C=O) groups excluding carboxylic acids is 1. The van der Waals surface area contributed by atoms with E-state index in [0.717, 1.165) is 10.0 Å². The Bertz CT molecular complexity index is 1010. The third kappa shape index (κ3) is 3.74. The molecule has 0 fully saturated rings. The summed E-state index contributed by atoms with van der Waals surface area (Å²) < 4.78 is 11.4. The summed E-state index contributed by atoms with van der Waals surface area (Å²) in [4.78, 5) is 24.5. The van der Waals surface area contributed by atoms with Crippen LogP contribution >= 0.6 is 15.9 Å². The van der Waals surface area contributed by atoms with Gasteiger partial charge >= 0.3 is 5.63 Å². The second-order valence-electron chi connectivity index (χ2n) is 5.51. The van der Waals surface area contributed by atoms with Crippen LogP contribution in [0.4, 0.5) is 5.69 Å². The second-order valence-corrected chi connectivity index (χ2v) is 6.36. The lowest BCUT2D eigenvalue weighted by Gasteiger charge is -2.10. The van der Waals surface area contributed by atoms with Crippen LogP contribution in [0.3, 0.4) is 0 Å². The van der Waals surface area contributed by atoms with Gasteiger partial charge in [0.15, 0.2) is 0 Å². The van der Waals surface area contributed by atoms with Crippen LogP contribution in [0.1, 0.15) is 22.8 Å². The minimum Gasteiger partial charge on any atom is -0.494 e. The summed E-state index contributed by atoms with van der Waals surface area (Å²) in [6, 6.07) is 11.9. The zero-order valence-corrected chi connectivity index (χ0v) is 15.3. The number of aryl methyl sites for hydroxylation is 1. The van der Waals surface area contributed by atoms with E-state index in [1.165, 1.54) is 6.07 Å². The number of nitrogens with one attached hydrogen (secondary N) is 1. The van der Waals surface area contributed by atoms with Crippen molar-refractivity contribution in [2.45, 2.75) is 13.8 Å². The molecular weight excluding hydrogens is 386 g/mol. The van der Waals surface area contributed by atoms with Gasteiger partial charge in [-0.3, -0.25) is 4.79 Å². The van der Waals surface area contributed by atoms with Crippen LogP contribution in [0.15, 0.2) is 56.1 Å². The quantitative estimate of drug-likeness (QED) is 0.652. The molecule has 1 heterocycles. The molecule has 0 radical (unpaired) electrons. The van der Waals surface area contributed by atoms with Crippen molar-refractivity contribution >= 4 is 38.5 Å². The standard InChI is InChI=1S/C19H16BrNO4/c1-3-24-12-5-6-13-14(10-18(22)25-17(13)9-12)19(23)21-16-7-4-11(2)8-15(16)20/h4-10H,3H2,1-2H3,(H,21,23). The highest BCUT2D eigenvalue weighted by atomic mass is 79.9. The molecule has 0 aliphatic rings. The predicted molar refractivity (Wildman–Crippen MR) is 100 cm³/mol. The van der Waals surface area contributed by atoms with Gasteiger partial charge in [-0.25, -0.2) is 4.79 Å². The summed E-state index contributed by atoms with van der Waals surface area (Å²) in [5, 5.41) is 3.36. The largest absolute Gasteiger partial charge is 0.494 e. The van der Waals surface area contributed by atoms with Gasteiger partial charge in [0, 0.05) is 22.0 Å². The molecule has 2 aromatic carbocycles. The molecule has 0 aliphatic heterocycles. The molecule has 5 nitrogen and oxygen atoms in total. The molecule has 0 saturated heterocycles. The molecule has 1 N–H and O–H groups in total. The number of ether oxygens (including phenoxy) is 1. The lowest BCUT2D eigenvalue weighted by Crippen LogP contribution is -2.15. The van der Waals surface area contributed by atoms with Crippen molar-refractivity contribution in [2.75, 3.05) is 11.9 Å². The predicted octanol–water partition coefficient (Wildman–Crippen LogP) is 4.51. The monoisotopic (exact) mass is 401 g/mol. The first-order valence-corrected chi connectivity index (χ1v) is 8.55. The number of rotatable bonds is 4. The normalized spacial score (nSPS) is 10.7. The number of hydrogen-bond acceptors (Lipinski definition) is 4. The van der Waals surface area contributed by atoms with Gasteiger partial charge in [0.1, 0.15) is 11.3 Å². The molecule has 0 saturated carbocycles. The van der Waals surface area contributed by atoms with Crippen LogP contribution in [-0.4, -0.2) is 12.5 Å². The Labute approximate surface area is 152 Å². The Balaban J connectivity index is 2.02. The number of benzene rings is 2. The van der Waals surface area contributed by atoms with Gasteiger partial charge in [-0.15, -0.1) is 0 Å². The third-order valence-electron chi connectivity index (χ3n) is 3.64. The number of halogens is 1. The van der Waals surface area contributed by atoms with Gasteiger partial charge in [-0.2, -0.15) is 0 Å². The summed E-state index contributed by atoms with van der Waals surface area (Å²) in [6.45, 7) is 4.32. The zero-order valence-electron chi connectivity index (χ0n) is 13.8. The number of carbonyl (C=O) groups is 1. The van der Waals surface area contributed by atoms with Crippen molar-refractivity contribution in [1.29, 1.82) is 0 Å². The molecule has 0 aliphatic carbocycles. The Morgan fingerprint density at radius 1 is 1.20 bits per heavy atom. The van der Waals surface area contributed by atoms with Crippen LogP contribution in [0.25, 0.3) is 11.0 Å². The average Bonchev–Trinajstić information content (AvgIpc) is 2.56. The van der Waals surface area contributed by atoms with E-state index in [9.17, 15) is 9.59 Å². The van der Waals surface area contributed by atoms with Crippen LogP contribution in [0.5, 0.6) is 5.75 Å². The molecule has 1 amide bonds. The maximum Gasteiger partial charge on any atom is 0.337 e. The van der Waals surface area contributed by atoms with Crippen molar-refractivity contribution in [3.05, 3.63) is 68.5 Å².